The summed E-state index contributed by atoms with van der Waals surface area (Å²) in [6.07, 6.45) is -0.293. The summed E-state index contributed by atoms with van der Waals surface area (Å²) in [5.74, 6) is 0.265. The molecule has 9 heteroatoms. The molecule has 24 heavy (non-hydrogen) atoms. The highest BCUT2D eigenvalue weighted by molar-refractivity contribution is 7.13. The Labute approximate surface area is 144 Å². The number of carbonyl (C=O) groups is 1. The summed E-state index contributed by atoms with van der Waals surface area (Å²) in [6.45, 7) is 6.01. The van der Waals surface area contributed by atoms with Gasteiger partial charge in [-0.3, -0.25) is 10.1 Å². The molecule has 2 aromatic rings. The van der Waals surface area contributed by atoms with Crippen LogP contribution in [0.4, 0.5) is 5.13 Å². The summed E-state index contributed by atoms with van der Waals surface area (Å²) in [5.41, 5.74) is 1.90. The summed E-state index contributed by atoms with van der Waals surface area (Å²) in [6, 6.07) is 3.11. The quantitative estimate of drug-likeness (QED) is 0.779. The molecule has 0 saturated heterocycles. The number of anilines is 1. The molecule has 0 spiro atoms. The molecule has 0 aromatic carbocycles. The first-order valence-electron chi connectivity index (χ1n) is 7.39. The first-order chi connectivity index (χ1) is 11.5. The van der Waals surface area contributed by atoms with Crippen LogP contribution in [-0.4, -0.2) is 47.0 Å². The second-order valence-corrected chi connectivity index (χ2v) is 6.11. The van der Waals surface area contributed by atoms with Crippen LogP contribution in [0.25, 0.3) is 0 Å². The zero-order valence-electron chi connectivity index (χ0n) is 14.0. The van der Waals surface area contributed by atoms with E-state index in [9.17, 15) is 4.79 Å². The number of amides is 1. The molecule has 2 heterocycles. The van der Waals surface area contributed by atoms with Crippen molar-refractivity contribution in [1.82, 2.24) is 15.2 Å². The number of hydrogen-bond acceptors (Lipinski definition) is 8. The van der Waals surface area contributed by atoms with Crippen LogP contribution in [0.3, 0.4) is 0 Å². The van der Waals surface area contributed by atoms with Gasteiger partial charge in [-0.1, -0.05) is 11.3 Å². The zero-order chi connectivity index (χ0) is 17.5. The van der Waals surface area contributed by atoms with Gasteiger partial charge < -0.3 is 14.2 Å². The third kappa shape index (κ3) is 5.43. The fourth-order valence-corrected chi connectivity index (χ4v) is 2.29. The maximum atomic E-state index is 12.4. The summed E-state index contributed by atoms with van der Waals surface area (Å²) in [5, 5.41) is 10.6. The van der Waals surface area contributed by atoms with Gasteiger partial charge >= 0.3 is 0 Å². The SMILES string of the molecule is COCC(C)Oc1cc(C(=O)Nc2nncs2)cc(OC(C)C)n1. The number of aromatic nitrogens is 3. The molecule has 0 bridgehead atoms. The predicted octanol–water partition coefficient (Wildman–Crippen LogP) is 2.39. The topological polar surface area (TPSA) is 95.5 Å². The van der Waals surface area contributed by atoms with Crippen molar-refractivity contribution in [2.24, 2.45) is 0 Å². The van der Waals surface area contributed by atoms with E-state index in [0.29, 0.717) is 29.1 Å². The Morgan fingerprint density at radius 2 is 1.96 bits per heavy atom. The number of nitrogens with zero attached hydrogens (tertiary/aromatic N) is 3. The van der Waals surface area contributed by atoms with E-state index in [4.69, 9.17) is 14.2 Å². The van der Waals surface area contributed by atoms with E-state index in [1.54, 1.807) is 19.2 Å². The first-order valence-corrected chi connectivity index (χ1v) is 8.27. The molecule has 0 aliphatic rings. The Morgan fingerprint density at radius 1 is 1.25 bits per heavy atom. The summed E-state index contributed by atoms with van der Waals surface area (Å²) in [7, 11) is 1.59. The number of carbonyl (C=O) groups excluding carboxylic acids is 1. The van der Waals surface area contributed by atoms with Crippen molar-refractivity contribution < 1.29 is 19.0 Å². The van der Waals surface area contributed by atoms with E-state index in [2.05, 4.69) is 20.5 Å². The third-order valence-electron chi connectivity index (χ3n) is 2.70. The number of pyridine rings is 1. The number of hydrogen-bond donors (Lipinski definition) is 1. The van der Waals surface area contributed by atoms with Gasteiger partial charge in [-0.05, 0) is 20.8 Å². The van der Waals surface area contributed by atoms with Gasteiger partial charge in [0.2, 0.25) is 16.9 Å². The lowest BCUT2D eigenvalue weighted by atomic mass is 10.2. The van der Waals surface area contributed by atoms with Crippen LogP contribution >= 0.6 is 11.3 Å². The zero-order valence-corrected chi connectivity index (χ0v) is 14.8. The maximum absolute atomic E-state index is 12.4. The van der Waals surface area contributed by atoms with Gasteiger partial charge in [0.25, 0.3) is 5.91 Å². The fraction of sp³-hybridized carbons (Fsp3) is 0.467. The van der Waals surface area contributed by atoms with Crippen molar-refractivity contribution >= 4 is 22.4 Å². The fourth-order valence-electron chi connectivity index (χ4n) is 1.85. The second kappa shape index (κ2) is 8.55. The average molecular weight is 352 g/mol. The van der Waals surface area contributed by atoms with E-state index in [1.807, 2.05) is 20.8 Å². The Balaban J connectivity index is 2.22. The maximum Gasteiger partial charge on any atom is 0.257 e. The van der Waals surface area contributed by atoms with Crippen LogP contribution in [0.1, 0.15) is 31.1 Å². The minimum Gasteiger partial charge on any atom is -0.475 e. The number of ether oxygens (including phenoxy) is 3. The van der Waals surface area contributed by atoms with Crippen molar-refractivity contribution in [3.63, 3.8) is 0 Å². The van der Waals surface area contributed by atoms with Crippen molar-refractivity contribution in [3.8, 4) is 11.8 Å². The van der Waals surface area contributed by atoms with E-state index >= 15 is 0 Å². The van der Waals surface area contributed by atoms with Crippen molar-refractivity contribution in [2.45, 2.75) is 33.0 Å². The minimum absolute atomic E-state index is 0.0803. The smallest absolute Gasteiger partial charge is 0.257 e. The van der Waals surface area contributed by atoms with Gasteiger partial charge in [0, 0.05) is 19.2 Å². The summed E-state index contributed by atoms with van der Waals surface area (Å²) >= 11 is 1.23. The van der Waals surface area contributed by atoms with E-state index < -0.39 is 0 Å². The summed E-state index contributed by atoms with van der Waals surface area (Å²) < 4.78 is 16.3. The molecule has 1 amide bonds. The van der Waals surface area contributed by atoms with Crippen molar-refractivity contribution in [1.29, 1.82) is 0 Å². The Hall–Kier alpha value is -2.26. The third-order valence-corrected chi connectivity index (χ3v) is 3.31. The van der Waals surface area contributed by atoms with Gasteiger partial charge in [-0.25, -0.2) is 0 Å². The predicted molar refractivity (Wildman–Crippen MR) is 89.8 cm³/mol. The van der Waals surface area contributed by atoms with Crippen LogP contribution in [0.2, 0.25) is 0 Å². The summed E-state index contributed by atoms with van der Waals surface area (Å²) in [4.78, 5) is 16.6. The van der Waals surface area contributed by atoms with E-state index in [-0.39, 0.29) is 18.1 Å². The second-order valence-electron chi connectivity index (χ2n) is 5.28. The van der Waals surface area contributed by atoms with E-state index in [1.165, 1.54) is 16.8 Å². The van der Waals surface area contributed by atoms with Crippen LogP contribution in [0, 0.1) is 0 Å². The average Bonchev–Trinajstić information content (AvgIpc) is 2.99. The van der Waals surface area contributed by atoms with Gasteiger partial charge in [0.1, 0.15) is 11.6 Å². The molecule has 130 valence electrons. The molecule has 8 nitrogen and oxygen atoms in total. The first kappa shape index (κ1) is 18.1. The van der Waals surface area contributed by atoms with Crippen molar-refractivity contribution in [2.75, 3.05) is 19.0 Å². The Morgan fingerprint density at radius 3 is 2.54 bits per heavy atom. The molecule has 0 saturated carbocycles. The lowest BCUT2D eigenvalue weighted by Crippen LogP contribution is -2.20. The van der Waals surface area contributed by atoms with Gasteiger partial charge in [0.15, 0.2) is 0 Å². The van der Waals surface area contributed by atoms with Crippen molar-refractivity contribution in [3.05, 3.63) is 23.2 Å². The molecule has 0 aliphatic heterocycles. The molecular weight excluding hydrogens is 332 g/mol. The molecule has 1 unspecified atom stereocenters. The highest BCUT2D eigenvalue weighted by atomic mass is 32.1. The van der Waals surface area contributed by atoms with Crippen LogP contribution < -0.4 is 14.8 Å². The van der Waals surface area contributed by atoms with Gasteiger partial charge in [-0.2, -0.15) is 4.98 Å². The van der Waals surface area contributed by atoms with Crippen LogP contribution in [-0.2, 0) is 4.74 Å². The molecule has 1 atom stereocenters. The number of rotatable bonds is 8. The Kier molecular flexibility index (Phi) is 6.44. The van der Waals surface area contributed by atoms with Crippen LogP contribution in [0.15, 0.2) is 17.6 Å². The molecule has 0 aliphatic carbocycles. The highest BCUT2D eigenvalue weighted by Gasteiger charge is 2.15. The standard InChI is InChI=1S/C15H20N4O4S/c1-9(2)22-12-5-11(14(20)18-15-19-16-8-24-15)6-13(17-12)23-10(3)7-21-4/h5-6,8-10H,7H2,1-4H3,(H,18,19,20). The molecular formula is C15H20N4O4S. The van der Waals surface area contributed by atoms with Crippen LogP contribution in [0.5, 0.6) is 11.8 Å². The molecule has 2 aromatic heterocycles. The lowest BCUT2D eigenvalue weighted by Gasteiger charge is -2.16. The largest absolute Gasteiger partial charge is 0.475 e. The molecule has 0 radical (unpaired) electrons. The highest BCUT2D eigenvalue weighted by Crippen LogP contribution is 2.21. The molecule has 2 rings (SSSR count). The lowest BCUT2D eigenvalue weighted by molar-refractivity contribution is 0.0876. The molecule has 0 fully saturated rings. The number of nitrogens with one attached hydrogen (secondary N) is 1. The Bertz CT molecular complexity index is 663. The van der Waals surface area contributed by atoms with Gasteiger partial charge in [0.05, 0.1) is 18.3 Å². The minimum atomic E-state index is -0.341. The van der Waals surface area contributed by atoms with E-state index in [0.717, 1.165) is 0 Å². The van der Waals surface area contributed by atoms with Gasteiger partial charge in [-0.15, -0.1) is 10.2 Å². The number of methoxy groups -OCH3 is 1. The monoisotopic (exact) mass is 352 g/mol. The molecule has 1 N–H and O–H groups in total. The normalized spacial score (nSPS) is 12.0.